The van der Waals surface area contributed by atoms with Gasteiger partial charge in [-0.05, 0) is 24.3 Å². The zero-order valence-electron chi connectivity index (χ0n) is 11.3. The summed E-state index contributed by atoms with van der Waals surface area (Å²) in [5.74, 6) is 0. The molecule has 0 atom stereocenters. The Hall–Kier alpha value is -2.95. The van der Waals surface area contributed by atoms with Crippen molar-refractivity contribution in [1.29, 1.82) is 0 Å². The summed E-state index contributed by atoms with van der Waals surface area (Å²) in [5, 5.41) is 6.57. The molecule has 3 rings (SSSR count). The van der Waals surface area contributed by atoms with Gasteiger partial charge < -0.3 is 10.6 Å². The minimum Gasteiger partial charge on any atom is -0.332 e. The lowest BCUT2D eigenvalue weighted by atomic mass is 10.2. The number of carbonyl (C=O) groups is 1. The zero-order chi connectivity index (χ0) is 14.5. The molecule has 2 N–H and O–H groups in total. The molecule has 0 spiro atoms. The number of amides is 2. The number of nitrogens with one attached hydrogen (secondary N) is 2. The van der Waals surface area contributed by atoms with Gasteiger partial charge in [0.25, 0.3) is 0 Å². The first-order valence-electron chi connectivity index (χ1n) is 6.61. The maximum Gasteiger partial charge on any atom is 0.319 e. The van der Waals surface area contributed by atoms with Crippen molar-refractivity contribution in [2.75, 3.05) is 5.32 Å². The van der Waals surface area contributed by atoms with Crippen LogP contribution in [-0.2, 0) is 6.54 Å². The van der Waals surface area contributed by atoms with E-state index in [0.29, 0.717) is 12.2 Å². The third-order valence-electron chi connectivity index (χ3n) is 3.04. The van der Waals surface area contributed by atoms with Gasteiger partial charge in [0.15, 0.2) is 0 Å². The van der Waals surface area contributed by atoms with Gasteiger partial charge in [-0.25, -0.2) is 4.79 Å². The number of anilines is 1. The quantitative estimate of drug-likeness (QED) is 0.774. The Kier molecular flexibility index (Phi) is 3.73. The Labute approximate surface area is 122 Å². The summed E-state index contributed by atoms with van der Waals surface area (Å²) in [7, 11) is 0. The van der Waals surface area contributed by atoms with E-state index in [1.54, 1.807) is 12.4 Å². The third-order valence-corrected chi connectivity index (χ3v) is 3.04. The molecule has 104 valence electrons. The smallest absolute Gasteiger partial charge is 0.319 e. The Morgan fingerprint density at radius 1 is 0.952 bits per heavy atom. The Balaban J connectivity index is 1.69. The number of carbonyl (C=O) groups excluding carboxylic acids is 1. The molecule has 5 heteroatoms. The first-order chi connectivity index (χ1) is 10.3. The summed E-state index contributed by atoms with van der Waals surface area (Å²) in [6.45, 7) is 0.380. The van der Waals surface area contributed by atoms with Crippen LogP contribution in [-0.4, -0.2) is 16.0 Å². The summed E-state index contributed by atoms with van der Waals surface area (Å²) >= 11 is 0. The topological polar surface area (TPSA) is 66.9 Å². The van der Waals surface area contributed by atoms with Crippen LogP contribution in [0.3, 0.4) is 0 Å². The van der Waals surface area contributed by atoms with Gasteiger partial charge in [0.05, 0.1) is 23.4 Å². The number of hydrogen-bond donors (Lipinski definition) is 2. The summed E-state index contributed by atoms with van der Waals surface area (Å²) in [4.78, 5) is 20.4. The molecule has 2 aromatic heterocycles. The lowest BCUT2D eigenvalue weighted by Gasteiger charge is -2.09. The molecular weight excluding hydrogens is 264 g/mol. The number of nitrogens with zero attached hydrogens (tertiary/aromatic N) is 2. The highest BCUT2D eigenvalue weighted by atomic mass is 16.2. The minimum atomic E-state index is -0.279. The standard InChI is InChI=1S/C16H14N4O/c21-16(19-11-13-7-1-2-9-17-13)20-14-8-3-5-12-6-4-10-18-15(12)14/h1-10H,11H2,(H2,19,20,21). The van der Waals surface area contributed by atoms with Gasteiger partial charge in [-0.3, -0.25) is 9.97 Å². The van der Waals surface area contributed by atoms with E-state index in [2.05, 4.69) is 20.6 Å². The van der Waals surface area contributed by atoms with E-state index < -0.39 is 0 Å². The van der Waals surface area contributed by atoms with Crippen molar-refractivity contribution in [3.63, 3.8) is 0 Å². The molecule has 0 radical (unpaired) electrons. The average molecular weight is 278 g/mol. The van der Waals surface area contributed by atoms with Gasteiger partial charge in [0.1, 0.15) is 0 Å². The molecule has 2 heterocycles. The van der Waals surface area contributed by atoms with Crippen molar-refractivity contribution in [3.05, 3.63) is 66.6 Å². The van der Waals surface area contributed by atoms with Crippen LogP contribution in [0.4, 0.5) is 10.5 Å². The highest BCUT2D eigenvalue weighted by Gasteiger charge is 2.06. The van der Waals surface area contributed by atoms with Gasteiger partial charge in [-0.1, -0.05) is 24.3 Å². The SMILES string of the molecule is O=C(NCc1ccccn1)Nc1cccc2cccnc12. The average Bonchev–Trinajstić information content (AvgIpc) is 2.54. The molecule has 21 heavy (non-hydrogen) atoms. The van der Waals surface area contributed by atoms with E-state index in [4.69, 9.17) is 0 Å². The molecule has 3 aromatic rings. The number of benzene rings is 1. The van der Waals surface area contributed by atoms with Crippen LogP contribution in [0.2, 0.25) is 0 Å². The molecule has 0 saturated carbocycles. The van der Waals surface area contributed by atoms with E-state index >= 15 is 0 Å². The van der Waals surface area contributed by atoms with Crippen molar-refractivity contribution >= 4 is 22.6 Å². The van der Waals surface area contributed by atoms with Gasteiger partial charge >= 0.3 is 6.03 Å². The fourth-order valence-corrected chi connectivity index (χ4v) is 2.05. The van der Waals surface area contributed by atoms with Crippen molar-refractivity contribution in [2.45, 2.75) is 6.54 Å². The first-order valence-corrected chi connectivity index (χ1v) is 6.61. The van der Waals surface area contributed by atoms with Gasteiger partial charge in [-0.15, -0.1) is 0 Å². The van der Waals surface area contributed by atoms with Crippen LogP contribution < -0.4 is 10.6 Å². The second-order valence-electron chi connectivity index (χ2n) is 4.51. The van der Waals surface area contributed by atoms with E-state index in [9.17, 15) is 4.79 Å². The maximum absolute atomic E-state index is 12.0. The molecule has 0 saturated heterocycles. The molecule has 0 unspecified atom stereocenters. The van der Waals surface area contributed by atoms with Crippen molar-refractivity contribution in [2.24, 2.45) is 0 Å². The number of urea groups is 1. The fourth-order valence-electron chi connectivity index (χ4n) is 2.05. The fraction of sp³-hybridized carbons (Fsp3) is 0.0625. The lowest BCUT2D eigenvalue weighted by molar-refractivity contribution is 0.251. The second kappa shape index (κ2) is 6.00. The molecule has 0 fully saturated rings. The second-order valence-corrected chi connectivity index (χ2v) is 4.51. The lowest BCUT2D eigenvalue weighted by Crippen LogP contribution is -2.28. The van der Waals surface area contributed by atoms with E-state index in [0.717, 1.165) is 16.6 Å². The van der Waals surface area contributed by atoms with E-state index in [-0.39, 0.29) is 6.03 Å². The monoisotopic (exact) mass is 278 g/mol. The minimum absolute atomic E-state index is 0.279. The molecule has 0 aliphatic heterocycles. The number of pyridine rings is 2. The van der Waals surface area contributed by atoms with Crippen molar-refractivity contribution < 1.29 is 4.79 Å². The Morgan fingerprint density at radius 3 is 2.67 bits per heavy atom. The Bertz CT molecular complexity index is 753. The predicted molar refractivity (Wildman–Crippen MR) is 81.8 cm³/mol. The number of para-hydroxylation sites is 1. The van der Waals surface area contributed by atoms with Gasteiger partial charge in [0, 0.05) is 17.8 Å². The summed E-state index contributed by atoms with van der Waals surface area (Å²) in [6, 6.07) is 14.8. The van der Waals surface area contributed by atoms with Crippen LogP contribution in [0.15, 0.2) is 60.9 Å². The van der Waals surface area contributed by atoms with E-state index in [1.165, 1.54) is 0 Å². The van der Waals surface area contributed by atoms with Crippen LogP contribution in [0.25, 0.3) is 10.9 Å². The highest BCUT2D eigenvalue weighted by Crippen LogP contribution is 2.20. The molecular formula is C16H14N4O. The number of rotatable bonds is 3. The predicted octanol–water partition coefficient (Wildman–Crippen LogP) is 2.95. The number of hydrogen-bond acceptors (Lipinski definition) is 3. The molecule has 5 nitrogen and oxygen atoms in total. The maximum atomic E-state index is 12.0. The molecule has 0 aliphatic rings. The van der Waals surface area contributed by atoms with Crippen molar-refractivity contribution in [3.8, 4) is 0 Å². The van der Waals surface area contributed by atoms with Gasteiger partial charge in [-0.2, -0.15) is 0 Å². The van der Waals surface area contributed by atoms with Crippen LogP contribution >= 0.6 is 0 Å². The molecule has 0 bridgehead atoms. The molecule has 1 aromatic carbocycles. The Morgan fingerprint density at radius 2 is 1.81 bits per heavy atom. The zero-order valence-corrected chi connectivity index (χ0v) is 11.3. The summed E-state index contributed by atoms with van der Waals surface area (Å²) in [6.07, 6.45) is 3.41. The number of aromatic nitrogens is 2. The van der Waals surface area contributed by atoms with E-state index in [1.807, 2.05) is 48.5 Å². The molecule has 2 amide bonds. The molecule has 0 aliphatic carbocycles. The third kappa shape index (κ3) is 3.14. The largest absolute Gasteiger partial charge is 0.332 e. The first kappa shape index (κ1) is 13.1. The highest BCUT2D eigenvalue weighted by molar-refractivity contribution is 5.99. The van der Waals surface area contributed by atoms with Crippen molar-refractivity contribution in [1.82, 2.24) is 15.3 Å². The van der Waals surface area contributed by atoms with Gasteiger partial charge in [0.2, 0.25) is 0 Å². The van der Waals surface area contributed by atoms with Crippen LogP contribution in [0.5, 0.6) is 0 Å². The van der Waals surface area contributed by atoms with Crippen LogP contribution in [0, 0.1) is 0 Å². The number of fused-ring (bicyclic) bond motifs is 1. The summed E-state index contributed by atoms with van der Waals surface area (Å²) < 4.78 is 0. The summed E-state index contributed by atoms with van der Waals surface area (Å²) in [5.41, 5.74) is 2.27. The normalized spacial score (nSPS) is 10.3. The van der Waals surface area contributed by atoms with Crippen LogP contribution in [0.1, 0.15) is 5.69 Å².